The van der Waals surface area contributed by atoms with Crippen LogP contribution in [0.3, 0.4) is 0 Å². The second kappa shape index (κ2) is 15.4. The van der Waals surface area contributed by atoms with Gasteiger partial charge in [0.1, 0.15) is 40.2 Å². The Morgan fingerprint density at radius 3 is 1.07 bits per heavy atom. The van der Waals surface area contributed by atoms with Crippen molar-refractivity contribution >= 4 is 42.2 Å². The number of carbonyl (C=O) groups is 3. The monoisotopic (exact) mass is 612 g/mol. The van der Waals surface area contributed by atoms with Gasteiger partial charge < -0.3 is 34.6 Å². The molecule has 232 valence electrons. The van der Waals surface area contributed by atoms with Crippen LogP contribution in [0.15, 0.2) is 72.8 Å². The van der Waals surface area contributed by atoms with Gasteiger partial charge in [0, 0.05) is 39.0 Å². The van der Waals surface area contributed by atoms with Crippen molar-refractivity contribution in [3.05, 3.63) is 101 Å². The third-order valence-corrected chi connectivity index (χ3v) is 5.55. The molecule has 0 aliphatic carbocycles. The molecule has 0 atom stereocenters. The maximum absolute atomic E-state index is 11.2. The highest BCUT2D eigenvalue weighted by Crippen LogP contribution is 2.27. The standard InChI is InChI=1S/C21H20O6.C14H12O4/c1-13-7-17(9-19(8-13)25-14(2)22)5-6-18-10-20(26-15(3)23)12-21(11-18)27-16(4)24;15-11-3-9(4-12(16)7-11)1-2-10-5-13(17)8-14(18)6-10/h5-12H,1-4H3;1-8,15-18H/b6-5+;2-1+. The summed E-state index contributed by atoms with van der Waals surface area (Å²) < 4.78 is 15.3. The summed E-state index contributed by atoms with van der Waals surface area (Å²) in [5.41, 5.74) is 3.63. The van der Waals surface area contributed by atoms with Crippen molar-refractivity contribution in [3.8, 4) is 40.2 Å². The van der Waals surface area contributed by atoms with Crippen LogP contribution in [-0.4, -0.2) is 38.3 Å². The summed E-state index contributed by atoms with van der Waals surface area (Å²) in [5.74, 6) is -0.489. The van der Waals surface area contributed by atoms with Crippen molar-refractivity contribution in [2.24, 2.45) is 0 Å². The molecule has 0 heterocycles. The number of ether oxygens (including phenoxy) is 3. The Labute approximate surface area is 259 Å². The van der Waals surface area contributed by atoms with Crippen molar-refractivity contribution in [1.82, 2.24) is 0 Å². The molecule has 0 saturated heterocycles. The van der Waals surface area contributed by atoms with Gasteiger partial charge in [0.25, 0.3) is 0 Å². The van der Waals surface area contributed by atoms with Gasteiger partial charge in [-0.2, -0.15) is 0 Å². The van der Waals surface area contributed by atoms with Gasteiger partial charge in [-0.15, -0.1) is 0 Å². The van der Waals surface area contributed by atoms with E-state index in [0.29, 0.717) is 22.4 Å². The lowest BCUT2D eigenvalue weighted by atomic mass is 10.1. The molecule has 4 N–H and O–H groups in total. The Kier molecular flexibility index (Phi) is 11.5. The predicted octanol–water partition coefficient (Wildman–Crippen LogP) is 6.62. The molecule has 0 aromatic heterocycles. The van der Waals surface area contributed by atoms with Gasteiger partial charge in [-0.05, 0) is 83.3 Å². The number of aryl methyl sites for hydroxylation is 1. The molecular formula is C35H32O10. The third kappa shape index (κ3) is 12.0. The number of rotatable bonds is 7. The zero-order chi connectivity index (χ0) is 33.1. The largest absolute Gasteiger partial charge is 0.508 e. The van der Waals surface area contributed by atoms with Gasteiger partial charge in [-0.25, -0.2) is 0 Å². The molecule has 0 fully saturated rings. The fraction of sp³-hybridized carbons (Fsp3) is 0.114. The Bertz CT molecular complexity index is 1640. The Balaban J connectivity index is 0.000000265. The fourth-order valence-electron chi connectivity index (χ4n) is 4.05. The van der Waals surface area contributed by atoms with Crippen molar-refractivity contribution in [2.75, 3.05) is 0 Å². The lowest BCUT2D eigenvalue weighted by molar-refractivity contribution is -0.133. The van der Waals surface area contributed by atoms with E-state index in [-0.39, 0.29) is 34.5 Å². The smallest absolute Gasteiger partial charge is 0.308 e. The second-order valence-corrected chi connectivity index (χ2v) is 9.83. The zero-order valence-electron chi connectivity index (χ0n) is 25.0. The molecule has 4 aromatic carbocycles. The van der Waals surface area contributed by atoms with Crippen LogP contribution in [0.2, 0.25) is 0 Å². The van der Waals surface area contributed by atoms with E-state index in [9.17, 15) is 34.8 Å². The molecule has 4 rings (SSSR count). The lowest BCUT2D eigenvalue weighted by Crippen LogP contribution is -2.04. The lowest BCUT2D eigenvalue weighted by Gasteiger charge is -2.07. The second-order valence-electron chi connectivity index (χ2n) is 9.83. The minimum Gasteiger partial charge on any atom is -0.508 e. The highest BCUT2D eigenvalue weighted by Gasteiger charge is 2.07. The maximum Gasteiger partial charge on any atom is 0.308 e. The average Bonchev–Trinajstić information content (AvgIpc) is 2.88. The molecule has 10 nitrogen and oxygen atoms in total. The summed E-state index contributed by atoms with van der Waals surface area (Å²) in [6.07, 6.45) is 6.87. The molecule has 45 heavy (non-hydrogen) atoms. The molecule has 4 aromatic rings. The van der Waals surface area contributed by atoms with E-state index >= 15 is 0 Å². The van der Waals surface area contributed by atoms with Crippen molar-refractivity contribution < 1.29 is 49.0 Å². The number of esters is 3. The molecular weight excluding hydrogens is 580 g/mol. The molecule has 0 unspecified atom stereocenters. The van der Waals surface area contributed by atoms with Gasteiger partial charge in [-0.3, -0.25) is 14.4 Å². The van der Waals surface area contributed by atoms with Gasteiger partial charge in [0.2, 0.25) is 0 Å². The molecule has 0 radical (unpaired) electrons. The number of benzene rings is 4. The normalized spacial score (nSPS) is 10.7. The van der Waals surface area contributed by atoms with Gasteiger partial charge in [-0.1, -0.05) is 30.4 Å². The van der Waals surface area contributed by atoms with Crippen LogP contribution in [0.1, 0.15) is 48.6 Å². The first-order valence-electron chi connectivity index (χ1n) is 13.5. The number of carbonyl (C=O) groups excluding carboxylic acids is 3. The first kappa shape index (κ1) is 33.5. The van der Waals surface area contributed by atoms with E-state index in [0.717, 1.165) is 11.1 Å². The molecule has 0 spiro atoms. The van der Waals surface area contributed by atoms with Crippen molar-refractivity contribution in [3.63, 3.8) is 0 Å². The highest BCUT2D eigenvalue weighted by atomic mass is 16.5. The summed E-state index contributed by atoms with van der Waals surface area (Å²) in [6.45, 7) is 5.81. The average molecular weight is 613 g/mol. The third-order valence-electron chi connectivity index (χ3n) is 5.55. The van der Waals surface area contributed by atoms with Crippen LogP contribution >= 0.6 is 0 Å². The van der Waals surface area contributed by atoms with Crippen molar-refractivity contribution in [1.29, 1.82) is 0 Å². The number of hydrogen-bond donors (Lipinski definition) is 4. The Morgan fingerprint density at radius 1 is 0.444 bits per heavy atom. The summed E-state index contributed by atoms with van der Waals surface area (Å²) in [5, 5.41) is 37.2. The quantitative estimate of drug-likeness (QED) is 0.101. The number of phenolic OH excluding ortho intramolecular Hbond substituents is 4. The Hall–Kier alpha value is -6.03. The number of phenols is 4. The molecule has 0 aliphatic rings. The van der Waals surface area contributed by atoms with Gasteiger partial charge in [0.05, 0.1) is 0 Å². The van der Waals surface area contributed by atoms with Crippen LogP contribution in [0.25, 0.3) is 24.3 Å². The molecule has 10 heteroatoms. The van der Waals surface area contributed by atoms with Crippen LogP contribution < -0.4 is 14.2 Å². The minimum atomic E-state index is -0.477. The molecule has 0 aliphatic heterocycles. The summed E-state index contributed by atoms with van der Waals surface area (Å²) >= 11 is 0. The minimum absolute atomic E-state index is 0.0339. The SMILES string of the molecule is CC(=O)Oc1cc(C)cc(/C=C/c2cc(OC(C)=O)cc(OC(C)=O)c2)c1.Oc1cc(O)cc(/C=C/c2cc(O)cc(O)c2)c1. The first-order valence-corrected chi connectivity index (χ1v) is 13.5. The van der Waals surface area contributed by atoms with E-state index in [1.54, 1.807) is 42.5 Å². The Morgan fingerprint density at radius 2 is 0.733 bits per heavy atom. The first-order chi connectivity index (χ1) is 21.2. The highest BCUT2D eigenvalue weighted by molar-refractivity contribution is 5.76. The summed E-state index contributed by atoms with van der Waals surface area (Å²) in [6, 6.07) is 18.6. The zero-order valence-corrected chi connectivity index (χ0v) is 25.0. The molecule has 0 amide bonds. The van der Waals surface area contributed by atoms with E-state index in [4.69, 9.17) is 14.2 Å². The van der Waals surface area contributed by atoms with E-state index in [1.807, 2.05) is 19.1 Å². The molecule has 0 saturated carbocycles. The fourth-order valence-corrected chi connectivity index (χ4v) is 4.05. The van der Waals surface area contributed by atoms with Crippen molar-refractivity contribution in [2.45, 2.75) is 27.7 Å². The van der Waals surface area contributed by atoms with E-state index in [2.05, 4.69) is 0 Å². The van der Waals surface area contributed by atoms with Gasteiger partial charge in [0.15, 0.2) is 0 Å². The number of aromatic hydroxyl groups is 4. The van der Waals surface area contributed by atoms with Gasteiger partial charge >= 0.3 is 17.9 Å². The van der Waals surface area contributed by atoms with E-state index < -0.39 is 17.9 Å². The maximum atomic E-state index is 11.2. The van der Waals surface area contributed by atoms with Crippen LogP contribution in [0, 0.1) is 6.92 Å². The van der Waals surface area contributed by atoms with Crippen LogP contribution in [0.5, 0.6) is 40.2 Å². The van der Waals surface area contributed by atoms with E-state index in [1.165, 1.54) is 63.2 Å². The number of hydrogen-bond acceptors (Lipinski definition) is 10. The summed E-state index contributed by atoms with van der Waals surface area (Å²) in [4.78, 5) is 33.6. The predicted molar refractivity (Wildman–Crippen MR) is 169 cm³/mol. The van der Waals surface area contributed by atoms with Crippen LogP contribution in [-0.2, 0) is 14.4 Å². The van der Waals surface area contributed by atoms with Crippen LogP contribution in [0.4, 0.5) is 0 Å². The molecule has 0 bridgehead atoms. The topological polar surface area (TPSA) is 160 Å². The summed E-state index contributed by atoms with van der Waals surface area (Å²) in [7, 11) is 0.